The van der Waals surface area contributed by atoms with Crippen LogP contribution in [0.25, 0.3) is 17.1 Å². The molecule has 2 fully saturated rings. The van der Waals surface area contributed by atoms with Gasteiger partial charge in [-0.25, -0.2) is 9.37 Å². The number of likely N-dealkylation sites (tertiary alicyclic amines) is 1. The second-order valence-corrected chi connectivity index (χ2v) is 12.5. The molecule has 0 atom stereocenters. The summed E-state index contributed by atoms with van der Waals surface area (Å²) in [6, 6.07) is 14.2. The monoisotopic (exact) mass is 669 g/mol. The van der Waals surface area contributed by atoms with E-state index in [1.54, 1.807) is 25.4 Å². The number of halogens is 1. The number of anilines is 4. The number of piperazine rings is 1. The Morgan fingerprint density at radius 1 is 1.04 bits per heavy atom. The number of hydrogen-bond donors (Lipinski definition) is 3. The zero-order chi connectivity index (χ0) is 34.3. The molecule has 0 bridgehead atoms. The van der Waals surface area contributed by atoms with Crippen LogP contribution in [0.5, 0.6) is 5.75 Å². The van der Waals surface area contributed by atoms with Crippen molar-refractivity contribution in [2.75, 3.05) is 75.6 Å². The van der Waals surface area contributed by atoms with Gasteiger partial charge in [-0.2, -0.15) is 0 Å². The number of methoxy groups -OCH3 is 1. The highest BCUT2D eigenvalue weighted by atomic mass is 19.1. The molecule has 4 aromatic rings. The van der Waals surface area contributed by atoms with Gasteiger partial charge in [-0.1, -0.05) is 6.58 Å². The van der Waals surface area contributed by atoms with Gasteiger partial charge in [-0.15, -0.1) is 10.2 Å². The summed E-state index contributed by atoms with van der Waals surface area (Å²) >= 11 is 0. The Labute approximate surface area is 286 Å². The topological polar surface area (TPSA) is 124 Å². The molecular formula is C36H44FN9O3. The summed E-state index contributed by atoms with van der Waals surface area (Å²) in [5.74, 6) is 1.65. The molecule has 1 amide bonds. The third-order valence-electron chi connectivity index (χ3n) is 9.28. The smallest absolute Gasteiger partial charge is 0.247 e. The van der Waals surface area contributed by atoms with E-state index in [0.717, 1.165) is 50.6 Å². The molecule has 2 aliphatic rings. The fraction of sp³-hybridized carbons (Fsp3) is 0.389. The molecule has 0 unspecified atom stereocenters. The number of nitrogens with one attached hydrogen (secondary N) is 2. The molecule has 0 spiro atoms. The highest BCUT2D eigenvalue weighted by Crippen LogP contribution is 2.39. The lowest BCUT2D eigenvalue weighted by atomic mass is 10.0. The summed E-state index contributed by atoms with van der Waals surface area (Å²) in [5, 5.41) is 24.7. The van der Waals surface area contributed by atoms with Gasteiger partial charge in [0.1, 0.15) is 23.2 Å². The van der Waals surface area contributed by atoms with Crippen LogP contribution < -0.4 is 20.3 Å². The molecule has 3 N–H and O–H groups in total. The molecule has 0 radical (unpaired) electrons. The third-order valence-corrected chi connectivity index (χ3v) is 9.28. The quantitative estimate of drug-likeness (QED) is 0.186. The number of ether oxygens (including phenoxy) is 1. The maximum Gasteiger partial charge on any atom is 0.247 e. The predicted molar refractivity (Wildman–Crippen MR) is 189 cm³/mol. The molecule has 0 aliphatic carbocycles. The van der Waals surface area contributed by atoms with Crippen molar-refractivity contribution in [1.82, 2.24) is 29.5 Å². The zero-order valence-electron chi connectivity index (χ0n) is 28.1. The first-order chi connectivity index (χ1) is 23.9. The first kappa shape index (κ1) is 34.0. The normalized spacial score (nSPS) is 16.0. The van der Waals surface area contributed by atoms with Crippen molar-refractivity contribution in [2.24, 2.45) is 0 Å². The minimum absolute atomic E-state index is 0.0103. The molecule has 2 aliphatic heterocycles. The number of piperidine rings is 1. The maximum absolute atomic E-state index is 13.7. The molecule has 6 rings (SSSR count). The third kappa shape index (κ3) is 7.90. The number of nitrogens with zero attached hydrogens (tertiary/aromatic N) is 7. The summed E-state index contributed by atoms with van der Waals surface area (Å²) in [7, 11) is 3.81. The average molecular weight is 670 g/mol. The summed E-state index contributed by atoms with van der Waals surface area (Å²) in [6.07, 6.45) is 6.31. The Balaban J connectivity index is 1.28. The molecule has 13 heteroatoms. The van der Waals surface area contributed by atoms with E-state index in [9.17, 15) is 14.3 Å². The second kappa shape index (κ2) is 15.6. The van der Waals surface area contributed by atoms with Crippen LogP contribution in [0.15, 0.2) is 67.4 Å². The summed E-state index contributed by atoms with van der Waals surface area (Å²) in [4.78, 5) is 24.5. The van der Waals surface area contributed by atoms with Crippen molar-refractivity contribution in [3.8, 4) is 22.8 Å². The van der Waals surface area contributed by atoms with Gasteiger partial charge in [0.2, 0.25) is 5.91 Å². The van der Waals surface area contributed by atoms with Gasteiger partial charge < -0.3 is 30.3 Å². The van der Waals surface area contributed by atoms with E-state index in [2.05, 4.69) is 54.1 Å². The number of pyridine rings is 1. The van der Waals surface area contributed by atoms with Crippen LogP contribution in [0.1, 0.15) is 25.1 Å². The molecule has 0 saturated carbocycles. The molecule has 2 saturated heterocycles. The Bertz CT molecular complexity index is 1750. The van der Waals surface area contributed by atoms with E-state index < -0.39 is 0 Å². The number of aliphatic hydroxyl groups excluding tert-OH is 1. The van der Waals surface area contributed by atoms with Gasteiger partial charge in [0, 0.05) is 69.1 Å². The van der Waals surface area contributed by atoms with Crippen molar-refractivity contribution >= 4 is 28.8 Å². The lowest BCUT2D eigenvalue weighted by molar-refractivity contribution is -0.111. The van der Waals surface area contributed by atoms with Crippen LogP contribution in [0.4, 0.5) is 27.3 Å². The molecule has 4 heterocycles. The highest BCUT2D eigenvalue weighted by Gasteiger charge is 2.28. The summed E-state index contributed by atoms with van der Waals surface area (Å²) in [5.41, 5.74) is 3.56. The van der Waals surface area contributed by atoms with Gasteiger partial charge in [0.15, 0.2) is 5.82 Å². The lowest BCUT2D eigenvalue weighted by Gasteiger charge is -2.43. The molecule has 49 heavy (non-hydrogen) atoms. The molecule has 12 nitrogen and oxygen atoms in total. The van der Waals surface area contributed by atoms with Gasteiger partial charge in [-0.05, 0) is 81.9 Å². The number of rotatable bonds is 12. The SMILES string of the molecule is C=CC(=O)Nc1cc(Nc2cc(-n3c(CCCO)nnc3-c3ccc(F)cc3)ccn2)c(OC)cc1N1CCN(C2CCN(C)CC2)CC1. The Morgan fingerprint density at radius 2 is 1.80 bits per heavy atom. The van der Waals surface area contributed by atoms with Crippen LogP contribution in [0.3, 0.4) is 0 Å². The van der Waals surface area contributed by atoms with Crippen molar-refractivity contribution in [3.63, 3.8) is 0 Å². The van der Waals surface area contributed by atoms with E-state index in [0.29, 0.717) is 59.0 Å². The molecule has 2 aromatic heterocycles. The summed E-state index contributed by atoms with van der Waals surface area (Å²) in [6.45, 7) is 9.48. The van der Waals surface area contributed by atoms with Crippen molar-refractivity contribution in [2.45, 2.75) is 31.7 Å². The van der Waals surface area contributed by atoms with E-state index in [4.69, 9.17) is 4.74 Å². The van der Waals surface area contributed by atoms with E-state index in [1.807, 2.05) is 28.8 Å². The maximum atomic E-state index is 13.7. The number of benzene rings is 2. The number of hydrogen-bond acceptors (Lipinski definition) is 10. The number of carbonyl (C=O) groups excluding carboxylic acids is 1. The standard InChI is InChI=1S/C36H44FN9O3/c1-4-35(48)40-29-23-30(32(49-3)24-31(29)45-19-17-44(18-20-45)27-12-15-43(2)16-13-27)39-33-22-28(11-14-38-33)46-34(6-5-21-47)41-42-36(46)25-7-9-26(37)10-8-25/h4,7-11,14,22-24,27,47H,1,5-6,12-13,15-21H2,2-3H3,(H,38,39)(H,40,48). The minimum Gasteiger partial charge on any atom is -0.494 e. The Hall–Kier alpha value is -4.85. The van der Waals surface area contributed by atoms with Gasteiger partial charge in [-0.3, -0.25) is 14.3 Å². The van der Waals surface area contributed by atoms with Gasteiger partial charge in [0.25, 0.3) is 0 Å². The Kier molecular flexibility index (Phi) is 10.8. The van der Waals surface area contributed by atoms with Crippen LogP contribution >= 0.6 is 0 Å². The number of aryl methyl sites for hydroxylation is 1. The molecule has 2 aromatic carbocycles. The zero-order valence-corrected chi connectivity index (χ0v) is 28.1. The number of aliphatic hydroxyl groups is 1. The lowest BCUT2D eigenvalue weighted by Crippen LogP contribution is -2.53. The van der Waals surface area contributed by atoms with Crippen molar-refractivity contribution in [1.29, 1.82) is 0 Å². The first-order valence-corrected chi connectivity index (χ1v) is 16.7. The fourth-order valence-corrected chi connectivity index (χ4v) is 6.61. The predicted octanol–water partition coefficient (Wildman–Crippen LogP) is 4.49. The van der Waals surface area contributed by atoms with E-state index in [1.165, 1.54) is 31.1 Å². The molecule has 258 valence electrons. The number of aromatic nitrogens is 4. The van der Waals surface area contributed by atoms with E-state index in [-0.39, 0.29) is 18.3 Å². The number of carbonyl (C=O) groups is 1. The van der Waals surface area contributed by atoms with E-state index >= 15 is 0 Å². The Morgan fingerprint density at radius 3 is 2.49 bits per heavy atom. The number of amides is 1. The van der Waals surface area contributed by atoms with Crippen molar-refractivity contribution < 1.29 is 19.0 Å². The second-order valence-electron chi connectivity index (χ2n) is 12.5. The fourth-order valence-electron chi connectivity index (χ4n) is 6.61. The largest absolute Gasteiger partial charge is 0.494 e. The van der Waals surface area contributed by atoms with Crippen LogP contribution in [-0.4, -0.2) is 107 Å². The van der Waals surface area contributed by atoms with Crippen LogP contribution in [0, 0.1) is 5.82 Å². The highest BCUT2D eigenvalue weighted by molar-refractivity contribution is 6.02. The van der Waals surface area contributed by atoms with Gasteiger partial charge in [0.05, 0.1) is 29.9 Å². The molecular weight excluding hydrogens is 625 g/mol. The van der Waals surface area contributed by atoms with Crippen LogP contribution in [0.2, 0.25) is 0 Å². The average Bonchev–Trinajstić information content (AvgIpc) is 3.55. The minimum atomic E-state index is -0.343. The summed E-state index contributed by atoms with van der Waals surface area (Å²) < 4.78 is 21.5. The first-order valence-electron chi connectivity index (χ1n) is 16.7. The van der Waals surface area contributed by atoms with Crippen molar-refractivity contribution in [3.05, 3.63) is 79.0 Å². The van der Waals surface area contributed by atoms with Crippen LogP contribution in [-0.2, 0) is 11.2 Å². The van der Waals surface area contributed by atoms with Gasteiger partial charge >= 0.3 is 0 Å².